The minimum Gasteiger partial charge on any atom is -0.444 e. The summed E-state index contributed by atoms with van der Waals surface area (Å²) in [6, 6.07) is 15.8. The Kier molecular flexibility index (Phi) is 4.34. The monoisotopic (exact) mass is 352 g/mol. The van der Waals surface area contributed by atoms with Crippen LogP contribution in [0, 0.1) is 0 Å². The fourth-order valence-electron chi connectivity index (χ4n) is 3.68. The summed E-state index contributed by atoms with van der Waals surface area (Å²) in [6.07, 6.45) is -0.324. The number of hydrogen-bond donors (Lipinski definition) is 1. The number of aliphatic hydroxyl groups is 1. The SMILES string of the molecule is O=C1c2ccccc2N(C(=O)OCc2ccccc2)C(O)C2CCCN12. The number of carbonyl (C=O) groups excluding carboxylic acids is 2. The van der Waals surface area contributed by atoms with Crippen molar-refractivity contribution >= 4 is 17.7 Å². The molecule has 2 aromatic rings. The van der Waals surface area contributed by atoms with Gasteiger partial charge < -0.3 is 14.7 Å². The molecule has 2 aromatic carbocycles. The van der Waals surface area contributed by atoms with Crippen LogP contribution in [0.1, 0.15) is 28.8 Å². The van der Waals surface area contributed by atoms with E-state index in [0.29, 0.717) is 24.2 Å². The second-order valence-electron chi connectivity index (χ2n) is 6.55. The maximum atomic E-state index is 12.8. The Morgan fingerprint density at radius 2 is 1.85 bits per heavy atom. The first-order chi connectivity index (χ1) is 12.7. The summed E-state index contributed by atoms with van der Waals surface area (Å²) in [4.78, 5) is 28.5. The minimum absolute atomic E-state index is 0.105. The largest absolute Gasteiger partial charge is 0.444 e. The van der Waals surface area contributed by atoms with Gasteiger partial charge in [-0.15, -0.1) is 0 Å². The van der Waals surface area contributed by atoms with Crippen LogP contribution in [-0.4, -0.2) is 40.8 Å². The maximum Gasteiger partial charge on any atom is 0.416 e. The van der Waals surface area contributed by atoms with E-state index in [1.54, 1.807) is 29.2 Å². The van der Waals surface area contributed by atoms with Gasteiger partial charge in [0.2, 0.25) is 0 Å². The number of amides is 2. The maximum absolute atomic E-state index is 12.8. The Hall–Kier alpha value is -2.86. The number of ether oxygens (including phenoxy) is 1. The van der Waals surface area contributed by atoms with Gasteiger partial charge in [0.05, 0.1) is 17.3 Å². The average molecular weight is 352 g/mol. The third kappa shape index (κ3) is 2.82. The van der Waals surface area contributed by atoms with Crippen LogP contribution in [0.2, 0.25) is 0 Å². The number of hydrogen-bond acceptors (Lipinski definition) is 4. The summed E-state index contributed by atoms with van der Waals surface area (Å²) in [6.45, 7) is 0.690. The highest BCUT2D eigenvalue weighted by Gasteiger charge is 2.44. The lowest BCUT2D eigenvalue weighted by Gasteiger charge is -2.31. The predicted octanol–water partition coefficient (Wildman–Crippen LogP) is 2.77. The molecule has 6 heteroatoms. The van der Waals surface area contributed by atoms with E-state index in [4.69, 9.17) is 4.74 Å². The Balaban J connectivity index is 1.65. The zero-order chi connectivity index (χ0) is 18.1. The molecule has 0 bridgehead atoms. The Morgan fingerprint density at radius 1 is 1.12 bits per heavy atom. The second kappa shape index (κ2) is 6.80. The number of carbonyl (C=O) groups is 2. The number of nitrogens with zero attached hydrogens (tertiary/aromatic N) is 2. The van der Waals surface area contributed by atoms with Crippen molar-refractivity contribution in [3.05, 3.63) is 65.7 Å². The molecule has 0 saturated carbocycles. The van der Waals surface area contributed by atoms with Crippen molar-refractivity contribution in [3.8, 4) is 0 Å². The van der Waals surface area contributed by atoms with Gasteiger partial charge in [-0.1, -0.05) is 42.5 Å². The van der Waals surface area contributed by atoms with Crippen LogP contribution < -0.4 is 4.90 Å². The highest BCUT2D eigenvalue weighted by atomic mass is 16.6. The quantitative estimate of drug-likeness (QED) is 0.902. The summed E-state index contributed by atoms with van der Waals surface area (Å²) in [5, 5.41) is 10.9. The lowest BCUT2D eigenvalue weighted by molar-refractivity contribution is 0.0485. The number of aliphatic hydroxyl groups excluding tert-OH is 1. The van der Waals surface area contributed by atoms with E-state index >= 15 is 0 Å². The third-order valence-electron chi connectivity index (χ3n) is 4.96. The van der Waals surface area contributed by atoms with Gasteiger partial charge in [0, 0.05) is 6.54 Å². The minimum atomic E-state index is -1.13. The molecule has 26 heavy (non-hydrogen) atoms. The summed E-state index contributed by atoms with van der Waals surface area (Å²) >= 11 is 0. The molecule has 134 valence electrons. The van der Waals surface area contributed by atoms with Crippen LogP contribution in [0.3, 0.4) is 0 Å². The van der Waals surface area contributed by atoms with Crippen LogP contribution in [0.4, 0.5) is 10.5 Å². The molecule has 2 heterocycles. The van der Waals surface area contributed by atoms with Crippen LogP contribution in [0.25, 0.3) is 0 Å². The summed E-state index contributed by atoms with van der Waals surface area (Å²) < 4.78 is 5.43. The van der Waals surface area contributed by atoms with Gasteiger partial charge in [0.25, 0.3) is 5.91 Å². The molecular weight excluding hydrogens is 332 g/mol. The zero-order valence-corrected chi connectivity index (χ0v) is 14.2. The van der Waals surface area contributed by atoms with Gasteiger partial charge in [0.15, 0.2) is 6.23 Å². The van der Waals surface area contributed by atoms with Crippen molar-refractivity contribution in [3.63, 3.8) is 0 Å². The summed E-state index contributed by atoms with van der Waals surface area (Å²) in [5.74, 6) is -0.152. The van der Waals surface area contributed by atoms with Gasteiger partial charge in [0.1, 0.15) is 6.61 Å². The molecule has 1 saturated heterocycles. The van der Waals surface area contributed by atoms with E-state index in [2.05, 4.69) is 0 Å². The van der Waals surface area contributed by atoms with Crippen molar-refractivity contribution in [1.29, 1.82) is 0 Å². The third-order valence-corrected chi connectivity index (χ3v) is 4.96. The van der Waals surface area contributed by atoms with Gasteiger partial charge in [-0.2, -0.15) is 0 Å². The van der Waals surface area contributed by atoms with Crippen molar-refractivity contribution in [2.45, 2.75) is 31.7 Å². The topological polar surface area (TPSA) is 70.1 Å². The molecule has 1 fully saturated rings. The Bertz CT molecular complexity index is 824. The molecule has 0 spiro atoms. The lowest BCUT2D eigenvalue weighted by atomic mass is 10.1. The first-order valence-electron chi connectivity index (χ1n) is 8.75. The fraction of sp³-hybridized carbons (Fsp3) is 0.300. The van der Waals surface area contributed by atoms with E-state index in [-0.39, 0.29) is 12.5 Å². The number of anilines is 1. The molecular formula is C20H20N2O4. The molecule has 0 radical (unpaired) electrons. The standard InChI is InChI=1S/C20H20N2O4/c23-18-15-9-4-5-10-16(15)22(19(24)17-11-6-12-21(17)18)20(25)26-13-14-7-2-1-3-8-14/h1-5,7-10,17,19,24H,6,11-13H2. The molecule has 6 nitrogen and oxygen atoms in total. The highest BCUT2D eigenvalue weighted by Crippen LogP contribution is 2.34. The normalized spacial score (nSPS) is 21.8. The van der Waals surface area contributed by atoms with Crippen LogP contribution in [0.5, 0.6) is 0 Å². The lowest BCUT2D eigenvalue weighted by Crippen LogP contribution is -2.50. The van der Waals surface area contributed by atoms with E-state index in [1.165, 1.54) is 4.90 Å². The predicted molar refractivity (Wildman–Crippen MR) is 95.6 cm³/mol. The molecule has 0 aromatic heterocycles. The number of rotatable bonds is 2. The van der Waals surface area contributed by atoms with Crippen LogP contribution in [0.15, 0.2) is 54.6 Å². The molecule has 2 aliphatic rings. The smallest absolute Gasteiger partial charge is 0.416 e. The Labute approximate surface area is 151 Å². The van der Waals surface area contributed by atoms with E-state index in [1.807, 2.05) is 30.3 Å². The summed E-state index contributed by atoms with van der Waals surface area (Å²) in [5.41, 5.74) is 1.65. The molecule has 4 rings (SSSR count). The number of para-hydroxylation sites is 1. The molecule has 2 amide bonds. The van der Waals surface area contributed by atoms with Crippen molar-refractivity contribution in [2.75, 3.05) is 11.4 Å². The van der Waals surface area contributed by atoms with Gasteiger partial charge in [-0.05, 0) is 30.5 Å². The van der Waals surface area contributed by atoms with Crippen molar-refractivity contribution < 1.29 is 19.4 Å². The van der Waals surface area contributed by atoms with Crippen LogP contribution >= 0.6 is 0 Å². The molecule has 0 aliphatic carbocycles. The van der Waals surface area contributed by atoms with Crippen LogP contribution in [-0.2, 0) is 11.3 Å². The molecule has 1 N–H and O–H groups in total. The highest BCUT2D eigenvalue weighted by molar-refractivity contribution is 6.05. The number of fused-ring (bicyclic) bond motifs is 2. The van der Waals surface area contributed by atoms with Crippen molar-refractivity contribution in [1.82, 2.24) is 4.90 Å². The van der Waals surface area contributed by atoms with E-state index in [0.717, 1.165) is 12.0 Å². The second-order valence-corrected chi connectivity index (χ2v) is 6.55. The Morgan fingerprint density at radius 3 is 2.65 bits per heavy atom. The van der Waals surface area contributed by atoms with Crippen molar-refractivity contribution in [2.24, 2.45) is 0 Å². The van der Waals surface area contributed by atoms with E-state index < -0.39 is 18.4 Å². The van der Waals surface area contributed by atoms with E-state index in [9.17, 15) is 14.7 Å². The van der Waals surface area contributed by atoms with Gasteiger partial charge in [-0.3, -0.25) is 4.79 Å². The fourth-order valence-corrected chi connectivity index (χ4v) is 3.68. The first kappa shape index (κ1) is 16.6. The van der Waals surface area contributed by atoms with Gasteiger partial charge in [-0.25, -0.2) is 9.69 Å². The molecule has 2 unspecified atom stereocenters. The number of benzene rings is 2. The molecule has 2 atom stereocenters. The first-order valence-corrected chi connectivity index (χ1v) is 8.75. The van der Waals surface area contributed by atoms with Gasteiger partial charge >= 0.3 is 6.09 Å². The average Bonchev–Trinajstić information content (AvgIpc) is 3.14. The molecule has 2 aliphatic heterocycles. The summed E-state index contributed by atoms with van der Waals surface area (Å²) in [7, 11) is 0. The zero-order valence-electron chi connectivity index (χ0n) is 14.2.